The molecule has 5 nitrogen and oxygen atoms in total. The molecule has 2 aromatic heterocycles. The highest BCUT2D eigenvalue weighted by Gasteiger charge is 2.16. The fourth-order valence-corrected chi connectivity index (χ4v) is 2.65. The summed E-state index contributed by atoms with van der Waals surface area (Å²) in [6, 6.07) is 12.1. The third-order valence-corrected chi connectivity index (χ3v) is 3.99. The van der Waals surface area contributed by atoms with E-state index in [-0.39, 0.29) is 11.5 Å². The zero-order valence-corrected chi connectivity index (χ0v) is 13.7. The number of nitrogens with one attached hydrogen (secondary N) is 2. The van der Waals surface area contributed by atoms with Gasteiger partial charge in [0.25, 0.3) is 11.8 Å². The fraction of sp³-hybridized carbons (Fsp3) is 0. The van der Waals surface area contributed by atoms with Crippen molar-refractivity contribution in [2.45, 2.75) is 0 Å². The lowest BCUT2D eigenvalue weighted by Gasteiger charge is -2.10. The van der Waals surface area contributed by atoms with Crippen molar-refractivity contribution in [3.63, 3.8) is 0 Å². The molecule has 0 saturated heterocycles. The number of hydrogen-bond acceptors (Lipinski definition) is 4. The Morgan fingerprint density at radius 1 is 1.08 bits per heavy atom. The maximum Gasteiger partial charge on any atom is 0.291 e. The van der Waals surface area contributed by atoms with E-state index < -0.39 is 17.6 Å². The lowest BCUT2D eigenvalue weighted by atomic mass is 10.2. The Balaban J connectivity index is 1.81. The van der Waals surface area contributed by atoms with E-state index in [0.717, 1.165) is 4.88 Å². The van der Waals surface area contributed by atoms with Gasteiger partial charge in [0.1, 0.15) is 11.5 Å². The number of carbonyl (C=O) groups is 2. The van der Waals surface area contributed by atoms with E-state index in [4.69, 9.17) is 4.42 Å². The summed E-state index contributed by atoms with van der Waals surface area (Å²) in [5.74, 6) is -1.38. The molecule has 0 fully saturated rings. The number of rotatable bonds is 5. The van der Waals surface area contributed by atoms with Crippen LogP contribution >= 0.6 is 11.3 Å². The fourth-order valence-electron chi connectivity index (χ4n) is 2.00. The number of hydrogen-bond donors (Lipinski definition) is 2. The first kappa shape index (κ1) is 16.7. The molecule has 1 aromatic carbocycles. The second kappa shape index (κ2) is 7.59. The van der Waals surface area contributed by atoms with E-state index in [1.807, 2.05) is 17.5 Å². The van der Waals surface area contributed by atoms with Gasteiger partial charge in [0.15, 0.2) is 5.76 Å². The van der Waals surface area contributed by atoms with Crippen molar-refractivity contribution in [1.82, 2.24) is 5.32 Å². The lowest BCUT2D eigenvalue weighted by Crippen LogP contribution is -2.30. The third kappa shape index (κ3) is 4.42. The van der Waals surface area contributed by atoms with Crippen molar-refractivity contribution < 1.29 is 18.4 Å². The number of amides is 2. The van der Waals surface area contributed by atoms with Crippen LogP contribution in [-0.4, -0.2) is 11.8 Å². The quantitative estimate of drug-likeness (QED) is 0.681. The van der Waals surface area contributed by atoms with Crippen LogP contribution in [0.25, 0.3) is 6.08 Å². The Hall–Kier alpha value is -3.19. The lowest BCUT2D eigenvalue weighted by molar-refractivity contribution is -0.113. The summed E-state index contributed by atoms with van der Waals surface area (Å²) in [5.41, 5.74) is 0.462. The van der Waals surface area contributed by atoms with Gasteiger partial charge in [-0.25, -0.2) is 4.39 Å². The standard InChI is InChI=1S/C18H13FN2O3S/c19-12-5-7-13(8-6-12)20-17(22)15(11-14-3-2-10-25-14)21-18(23)16-4-1-9-24-16/h1-11H,(H,20,22)(H,21,23). The van der Waals surface area contributed by atoms with Crippen LogP contribution in [0.2, 0.25) is 0 Å². The van der Waals surface area contributed by atoms with E-state index in [0.29, 0.717) is 5.69 Å². The number of halogens is 1. The number of carbonyl (C=O) groups excluding carboxylic acids is 2. The predicted molar refractivity (Wildman–Crippen MR) is 93.5 cm³/mol. The molecule has 0 spiro atoms. The predicted octanol–water partition coefficient (Wildman–Crippen LogP) is 3.89. The Kier molecular flexibility index (Phi) is 5.06. The second-order valence-electron chi connectivity index (χ2n) is 4.97. The summed E-state index contributed by atoms with van der Waals surface area (Å²) in [4.78, 5) is 25.5. The molecule has 25 heavy (non-hydrogen) atoms. The molecular formula is C18H13FN2O3S. The zero-order chi connectivity index (χ0) is 17.6. The Morgan fingerprint density at radius 2 is 1.88 bits per heavy atom. The van der Waals surface area contributed by atoms with Gasteiger partial charge >= 0.3 is 0 Å². The van der Waals surface area contributed by atoms with Crippen molar-refractivity contribution >= 4 is 34.9 Å². The minimum Gasteiger partial charge on any atom is -0.459 e. The average Bonchev–Trinajstić information content (AvgIpc) is 3.29. The molecule has 0 radical (unpaired) electrons. The minimum atomic E-state index is -0.540. The minimum absolute atomic E-state index is 0.0492. The van der Waals surface area contributed by atoms with Gasteiger partial charge in [-0.1, -0.05) is 6.07 Å². The first-order valence-corrected chi connectivity index (χ1v) is 8.17. The summed E-state index contributed by atoms with van der Waals surface area (Å²) in [7, 11) is 0. The monoisotopic (exact) mass is 356 g/mol. The zero-order valence-electron chi connectivity index (χ0n) is 12.9. The van der Waals surface area contributed by atoms with Gasteiger partial charge in [-0.3, -0.25) is 9.59 Å². The topological polar surface area (TPSA) is 71.3 Å². The van der Waals surface area contributed by atoms with Crippen LogP contribution in [0, 0.1) is 5.82 Å². The van der Waals surface area contributed by atoms with Crippen molar-refractivity contribution in [2.24, 2.45) is 0 Å². The number of furan rings is 1. The highest BCUT2D eigenvalue weighted by Crippen LogP contribution is 2.15. The van der Waals surface area contributed by atoms with Crippen molar-refractivity contribution in [3.05, 3.63) is 82.3 Å². The molecule has 0 unspecified atom stereocenters. The van der Waals surface area contributed by atoms with Crippen LogP contribution in [0.4, 0.5) is 10.1 Å². The van der Waals surface area contributed by atoms with Crippen LogP contribution in [0.1, 0.15) is 15.4 Å². The molecule has 0 bridgehead atoms. The summed E-state index contributed by atoms with van der Waals surface area (Å²) in [6.07, 6.45) is 2.93. The second-order valence-corrected chi connectivity index (χ2v) is 5.95. The van der Waals surface area contributed by atoms with Gasteiger partial charge in [0, 0.05) is 10.6 Å². The largest absolute Gasteiger partial charge is 0.459 e. The summed E-state index contributed by atoms with van der Waals surface area (Å²) < 4.78 is 18.0. The van der Waals surface area contributed by atoms with Gasteiger partial charge < -0.3 is 15.1 Å². The SMILES string of the molecule is O=C(Nc1ccc(F)cc1)C(=Cc1cccs1)NC(=O)c1ccco1. The Bertz CT molecular complexity index is 885. The van der Waals surface area contributed by atoms with Crippen LogP contribution < -0.4 is 10.6 Å². The molecule has 2 N–H and O–H groups in total. The Morgan fingerprint density at radius 3 is 2.52 bits per heavy atom. The molecule has 0 saturated carbocycles. The number of thiophene rings is 1. The number of anilines is 1. The molecule has 3 aromatic rings. The average molecular weight is 356 g/mol. The maximum atomic E-state index is 13.0. The van der Waals surface area contributed by atoms with Gasteiger partial charge in [0.05, 0.1) is 6.26 Å². The highest BCUT2D eigenvalue weighted by atomic mass is 32.1. The van der Waals surface area contributed by atoms with Crippen LogP contribution in [0.15, 0.2) is 70.3 Å². The van der Waals surface area contributed by atoms with Gasteiger partial charge in [0.2, 0.25) is 0 Å². The van der Waals surface area contributed by atoms with Crippen molar-refractivity contribution in [1.29, 1.82) is 0 Å². The van der Waals surface area contributed by atoms with Crippen molar-refractivity contribution in [2.75, 3.05) is 5.32 Å². The molecule has 0 aliphatic carbocycles. The molecule has 2 amide bonds. The first-order chi connectivity index (χ1) is 12.1. The van der Waals surface area contributed by atoms with Crippen molar-refractivity contribution in [3.8, 4) is 0 Å². The van der Waals surface area contributed by atoms with E-state index in [9.17, 15) is 14.0 Å². The molecule has 0 atom stereocenters. The number of benzene rings is 1. The molecule has 2 heterocycles. The van der Waals surface area contributed by atoms with Gasteiger partial charge in [-0.05, 0) is 53.9 Å². The van der Waals surface area contributed by atoms with Crippen LogP contribution in [0.5, 0.6) is 0 Å². The smallest absolute Gasteiger partial charge is 0.291 e. The van der Waals surface area contributed by atoms with E-state index in [2.05, 4.69) is 10.6 Å². The van der Waals surface area contributed by atoms with Gasteiger partial charge in [-0.15, -0.1) is 11.3 Å². The Labute approximate surface area is 146 Å². The molecule has 3 rings (SSSR count). The molecule has 7 heteroatoms. The summed E-state index contributed by atoms with van der Waals surface area (Å²) in [5, 5.41) is 7.01. The summed E-state index contributed by atoms with van der Waals surface area (Å²) in [6.45, 7) is 0. The van der Waals surface area contributed by atoms with Crippen LogP contribution in [0.3, 0.4) is 0 Å². The van der Waals surface area contributed by atoms with Gasteiger partial charge in [-0.2, -0.15) is 0 Å². The molecule has 0 aliphatic heterocycles. The third-order valence-electron chi connectivity index (χ3n) is 3.17. The highest BCUT2D eigenvalue weighted by molar-refractivity contribution is 7.10. The maximum absolute atomic E-state index is 13.0. The molecule has 126 valence electrons. The first-order valence-electron chi connectivity index (χ1n) is 7.29. The summed E-state index contributed by atoms with van der Waals surface area (Å²) >= 11 is 1.42. The van der Waals surface area contributed by atoms with Crippen LogP contribution in [-0.2, 0) is 4.79 Å². The normalized spacial score (nSPS) is 11.2. The van der Waals surface area contributed by atoms with E-state index in [1.54, 1.807) is 12.1 Å². The molecular weight excluding hydrogens is 343 g/mol. The van der Waals surface area contributed by atoms with E-state index in [1.165, 1.54) is 47.9 Å². The van der Waals surface area contributed by atoms with E-state index >= 15 is 0 Å². The molecule has 0 aliphatic rings.